The third kappa shape index (κ3) is 3.56. The average Bonchev–Trinajstić information content (AvgIpc) is 2.97. The van der Waals surface area contributed by atoms with E-state index in [1.807, 2.05) is 4.90 Å². The molecule has 0 atom stereocenters. The maximum atomic E-state index is 12.4. The van der Waals surface area contributed by atoms with Crippen molar-refractivity contribution in [2.75, 3.05) is 65.6 Å². The Bertz CT molecular complexity index is 353. The van der Waals surface area contributed by atoms with Crippen molar-refractivity contribution in [1.82, 2.24) is 14.7 Å². The van der Waals surface area contributed by atoms with Gasteiger partial charge in [0.1, 0.15) is 0 Å². The molecule has 3 rings (SSSR count). The number of carbonyl (C=O) groups is 1. The van der Waals surface area contributed by atoms with Gasteiger partial charge in [0.15, 0.2) is 5.79 Å². The van der Waals surface area contributed by atoms with Crippen molar-refractivity contribution >= 4 is 5.91 Å². The highest BCUT2D eigenvalue weighted by molar-refractivity contribution is 5.78. The maximum Gasteiger partial charge on any atom is 0.236 e. The maximum absolute atomic E-state index is 12.4. The molecular formula is C15H27N3O3. The molecule has 6 heteroatoms. The van der Waals surface area contributed by atoms with Crippen LogP contribution < -0.4 is 0 Å². The first-order valence-electron chi connectivity index (χ1n) is 8.21. The molecule has 21 heavy (non-hydrogen) atoms. The number of piperazine rings is 1. The van der Waals surface area contributed by atoms with Crippen molar-refractivity contribution in [3.8, 4) is 0 Å². The van der Waals surface area contributed by atoms with E-state index in [0.717, 1.165) is 58.7 Å². The summed E-state index contributed by atoms with van der Waals surface area (Å²) in [5.41, 5.74) is 0. The zero-order valence-corrected chi connectivity index (χ0v) is 13.1. The van der Waals surface area contributed by atoms with Gasteiger partial charge in [-0.25, -0.2) is 0 Å². The Morgan fingerprint density at radius 1 is 0.952 bits per heavy atom. The summed E-state index contributed by atoms with van der Waals surface area (Å²) in [6.07, 6.45) is 1.62. The summed E-state index contributed by atoms with van der Waals surface area (Å²) in [6.45, 7) is 10.9. The molecule has 0 bridgehead atoms. The van der Waals surface area contributed by atoms with Gasteiger partial charge in [-0.3, -0.25) is 9.69 Å². The van der Waals surface area contributed by atoms with Crippen LogP contribution in [0.4, 0.5) is 0 Å². The standard InChI is InChI=1S/C15H27N3O3/c1-2-16-7-9-17(10-8-16)13-14(19)18-5-3-15(4-6-18)20-11-12-21-15/h2-13H2,1H3. The first-order chi connectivity index (χ1) is 10.2. The molecule has 0 radical (unpaired) electrons. The van der Waals surface area contributed by atoms with Gasteiger partial charge in [0.05, 0.1) is 19.8 Å². The molecular weight excluding hydrogens is 270 g/mol. The van der Waals surface area contributed by atoms with Gasteiger partial charge in [-0.05, 0) is 6.54 Å². The van der Waals surface area contributed by atoms with Gasteiger partial charge < -0.3 is 19.3 Å². The monoisotopic (exact) mass is 297 g/mol. The summed E-state index contributed by atoms with van der Waals surface area (Å²) in [5.74, 6) is -0.128. The van der Waals surface area contributed by atoms with Gasteiger partial charge in [-0.2, -0.15) is 0 Å². The van der Waals surface area contributed by atoms with Crippen molar-refractivity contribution in [3.05, 3.63) is 0 Å². The van der Waals surface area contributed by atoms with E-state index in [9.17, 15) is 4.79 Å². The quantitative estimate of drug-likeness (QED) is 0.733. The van der Waals surface area contributed by atoms with Crippen LogP contribution in [0.1, 0.15) is 19.8 Å². The molecule has 3 aliphatic rings. The summed E-state index contributed by atoms with van der Waals surface area (Å²) in [7, 11) is 0. The smallest absolute Gasteiger partial charge is 0.236 e. The summed E-state index contributed by atoms with van der Waals surface area (Å²) < 4.78 is 11.4. The number of hydrogen-bond acceptors (Lipinski definition) is 5. The Morgan fingerprint density at radius 2 is 1.52 bits per heavy atom. The van der Waals surface area contributed by atoms with Crippen LogP contribution in [0, 0.1) is 0 Å². The van der Waals surface area contributed by atoms with E-state index < -0.39 is 0 Å². The Hall–Kier alpha value is -0.690. The molecule has 3 fully saturated rings. The Morgan fingerprint density at radius 3 is 2.10 bits per heavy atom. The fourth-order valence-corrected chi connectivity index (χ4v) is 3.44. The molecule has 6 nitrogen and oxygen atoms in total. The highest BCUT2D eigenvalue weighted by Gasteiger charge is 2.40. The first-order valence-corrected chi connectivity index (χ1v) is 8.21. The Labute approximate surface area is 126 Å². The number of ether oxygens (including phenoxy) is 2. The summed E-state index contributed by atoms with van der Waals surface area (Å²) in [4.78, 5) is 19.1. The van der Waals surface area contributed by atoms with Crippen LogP contribution in [-0.2, 0) is 14.3 Å². The molecule has 3 heterocycles. The Kier molecular flexibility index (Phi) is 4.78. The number of rotatable bonds is 3. The molecule has 0 aromatic heterocycles. The molecule has 0 aromatic rings. The van der Waals surface area contributed by atoms with Crippen molar-refractivity contribution < 1.29 is 14.3 Å². The van der Waals surface area contributed by atoms with E-state index in [0.29, 0.717) is 19.8 Å². The first kappa shape index (κ1) is 15.2. The van der Waals surface area contributed by atoms with E-state index in [2.05, 4.69) is 16.7 Å². The van der Waals surface area contributed by atoms with Crippen molar-refractivity contribution in [2.45, 2.75) is 25.6 Å². The van der Waals surface area contributed by atoms with Gasteiger partial charge >= 0.3 is 0 Å². The second-order valence-corrected chi connectivity index (χ2v) is 6.20. The largest absolute Gasteiger partial charge is 0.347 e. The predicted molar refractivity (Wildman–Crippen MR) is 79.0 cm³/mol. The summed E-state index contributed by atoms with van der Waals surface area (Å²) in [5, 5.41) is 0. The zero-order valence-electron chi connectivity index (χ0n) is 13.1. The zero-order chi connectivity index (χ0) is 14.7. The minimum atomic E-state index is -0.385. The van der Waals surface area contributed by atoms with E-state index in [1.54, 1.807) is 0 Å². The van der Waals surface area contributed by atoms with E-state index in [1.165, 1.54) is 0 Å². The number of hydrogen-bond donors (Lipinski definition) is 0. The number of nitrogens with zero attached hydrogens (tertiary/aromatic N) is 3. The van der Waals surface area contributed by atoms with Crippen LogP contribution in [0.2, 0.25) is 0 Å². The normalized spacial score (nSPS) is 27.4. The third-order valence-electron chi connectivity index (χ3n) is 4.96. The van der Waals surface area contributed by atoms with Crippen LogP contribution in [-0.4, -0.2) is 92.0 Å². The molecule has 0 aromatic carbocycles. The molecule has 1 amide bonds. The second-order valence-electron chi connectivity index (χ2n) is 6.20. The summed E-state index contributed by atoms with van der Waals surface area (Å²) in [6, 6.07) is 0. The van der Waals surface area contributed by atoms with Crippen LogP contribution in [0.5, 0.6) is 0 Å². The van der Waals surface area contributed by atoms with Crippen LogP contribution >= 0.6 is 0 Å². The van der Waals surface area contributed by atoms with Gasteiger partial charge in [-0.15, -0.1) is 0 Å². The van der Waals surface area contributed by atoms with Crippen molar-refractivity contribution in [1.29, 1.82) is 0 Å². The van der Waals surface area contributed by atoms with Crippen molar-refractivity contribution in [3.63, 3.8) is 0 Å². The van der Waals surface area contributed by atoms with Crippen LogP contribution in [0.15, 0.2) is 0 Å². The molecule has 3 aliphatic heterocycles. The molecule has 0 unspecified atom stereocenters. The van der Waals surface area contributed by atoms with E-state index >= 15 is 0 Å². The predicted octanol–water partition coefficient (Wildman–Crippen LogP) is -0.0106. The highest BCUT2D eigenvalue weighted by Crippen LogP contribution is 2.31. The van der Waals surface area contributed by atoms with Crippen LogP contribution in [0.25, 0.3) is 0 Å². The van der Waals surface area contributed by atoms with Crippen molar-refractivity contribution in [2.24, 2.45) is 0 Å². The van der Waals surface area contributed by atoms with Crippen LogP contribution in [0.3, 0.4) is 0 Å². The van der Waals surface area contributed by atoms with Gasteiger partial charge in [-0.1, -0.05) is 6.92 Å². The van der Waals surface area contributed by atoms with Gasteiger partial charge in [0, 0.05) is 52.1 Å². The van der Waals surface area contributed by atoms with E-state index in [-0.39, 0.29) is 11.7 Å². The van der Waals surface area contributed by atoms with Gasteiger partial charge in [0.2, 0.25) is 5.91 Å². The molecule has 3 saturated heterocycles. The third-order valence-corrected chi connectivity index (χ3v) is 4.96. The Balaban J connectivity index is 1.42. The van der Waals surface area contributed by atoms with E-state index in [4.69, 9.17) is 9.47 Å². The molecule has 1 spiro atoms. The fourth-order valence-electron chi connectivity index (χ4n) is 3.44. The number of likely N-dealkylation sites (N-methyl/N-ethyl adjacent to an activating group) is 1. The van der Waals surface area contributed by atoms with Gasteiger partial charge in [0.25, 0.3) is 0 Å². The number of likely N-dealkylation sites (tertiary alicyclic amines) is 1. The topological polar surface area (TPSA) is 45.2 Å². The number of amides is 1. The highest BCUT2D eigenvalue weighted by atomic mass is 16.7. The number of carbonyl (C=O) groups excluding carboxylic acids is 1. The molecule has 0 saturated carbocycles. The lowest BCUT2D eigenvalue weighted by molar-refractivity contribution is -0.187. The molecule has 0 aliphatic carbocycles. The lowest BCUT2D eigenvalue weighted by Gasteiger charge is -2.39. The fraction of sp³-hybridized carbons (Fsp3) is 0.933. The number of piperidine rings is 1. The lowest BCUT2D eigenvalue weighted by atomic mass is 10.0. The second kappa shape index (κ2) is 6.60. The minimum Gasteiger partial charge on any atom is -0.347 e. The lowest BCUT2D eigenvalue weighted by Crippen LogP contribution is -2.52. The molecule has 120 valence electrons. The molecule has 0 N–H and O–H groups in total. The average molecular weight is 297 g/mol. The SMILES string of the molecule is CCN1CCN(CC(=O)N2CCC3(CC2)OCCO3)CC1. The minimum absolute atomic E-state index is 0.257. The summed E-state index contributed by atoms with van der Waals surface area (Å²) >= 11 is 0.